The Morgan fingerprint density at radius 2 is 1.55 bits per heavy atom. The largest absolute Gasteiger partial charge is 0.462 e. The van der Waals surface area contributed by atoms with Crippen LogP contribution >= 0.6 is 0 Å². The van der Waals surface area contributed by atoms with E-state index in [9.17, 15) is 35.1 Å². The van der Waals surface area contributed by atoms with Crippen LogP contribution in [0.1, 0.15) is 121 Å². The molecule has 53 heavy (non-hydrogen) atoms. The SMILES string of the molecule is CC(=C\C=C\C(C)=C\[C@H](O)[C@@H](O)C[C@H](C)O)/C=C(C)/C=C/C(=O)O[C@H]1CCCC(=O)O[C@@H]([C@@H](C)C/C(C)=C/[C@@H](C)[C@H](O)C[C@@H](C)O)C/C=C(\C)C[C@@H]1C. The highest BCUT2D eigenvalue weighted by Gasteiger charge is 2.26. The van der Waals surface area contributed by atoms with E-state index in [1.807, 2.05) is 65.0 Å². The second kappa shape index (κ2) is 25.1. The van der Waals surface area contributed by atoms with Gasteiger partial charge >= 0.3 is 11.9 Å². The lowest BCUT2D eigenvalue weighted by Crippen LogP contribution is -2.28. The fraction of sp³-hybridized carbons (Fsp3) is 0.636. The fourth-order valence-corrected chi connectivity index (χ4v) is 6.52. The number of carbonyl (C=O) groups is 2. The third-order valence-electron chi connectivity index (χ3n) is 9.48. The lowest BCUT2D eigenvalue weighted by atomic mass is 9.89. The molecule has 1 heterocycles. The highest BCUT2D eigenvalue weighted by Crippen LogP contribution is 2.27. The minimum atomic E-state index is -1.07. The van der Waals surface area contributed by atoms with Crippen LogP contribution in [0, 0.1) is 17.8 Å². The van der Waals surface area contributed by atoms with Crippen LogP contribution in [-0.2, 0) is 19.1 Å². The fourth-order valence-electron chi connectivity index (χ4n) is 6.52. The molecule has 0 radical (unpaired) electrons. The van der Waals surface area contributed by atoms with Crippen molar-refractivity contribution in [2.45, 2.75) is 163 Å². The van der Waals surface area contributed by atoms with Gasteiger partial charge in [-0.3, -0.25) is 4.79 Å². The predicted molar refractivity (Wildman–Crippen MR) is 213 cm³/mol. The van der Waals surface area contributed by atoms with Gasteiger partial charge in [0.15, 0.2) is 0 Å². The lowest BCUT2D eigenvalue weighted by Gasteiger charge is -2.27. The van der Waals surface area contributed by atoms with E-state index in [4.69, 9.17) is 9.47 Å². The van der Waals surface area contributed by atoms with Crippen molar-refractivity contribution in [2.24, 2.45) is 17.8 Å². The van der Waals surface area contributed by atoms with Crippen LogP contribution in [0.5, 0.6) is 0 Å². The van der Waals surface area contributed by atoms with Gasteiger partial charge in [0, 0.05) is 31.3 Å². The molecule has 1 aliphatic heterocycles. The molecule has 0 aliphatic carbocycles. The summed E-state index contributed by atoms with van der Waals surface area (Å²) >= 11 is 0. The molecule has 9 heteroatoms. The van der Waals surface area contributed by atoms with Crippen LogP contribution < -0.4 is 0 Å². The molecule has 0 aromatic carbocycles. The third kappa shape index (κ3) is 21.4. The third-order valence-corrected chi connectivity index (χ3v) is 9.48. The molecule has 0 bridgehead atoms. The van der Waals surface area contributed by atoms with Crippen LogP contribution in [0.2, 0.25) is 0 Å². The zero-order valence-electron chi connectivity index (χ0n) is 34.0. The second-order valence-electron chi connectivity index (χ2n) is 15.6. The monoisotopic (exact) mass is 743 g/mol. The zero-order chi connectivity index (χ0) is 40.2. The van der Waals surface area contributed by atoms with Crippen molar-refractivity contribution in [3.63, 3.8) is 0 Å². The Hall–Kier alpha value is -3.08. The normalized spacial score (nSPS) is 25.7. The Balaban J connectivity index is 2.86. The van der Waals surface area contributed by atoms with Crippen LogP contribution in [0.3, 0.4) is 0 Å². The molecule has 0 aromatic heterocycles. The van der Waals surface area contributed by atoms with Gasteiger partial charge < -0.3 is 35.0 Å². The molecule has 10 atom stereocenters. The van der Waals surface area contributed by atoms with Crippen molar-refractivity contribution in [1.82, 2.24) is 0 Å². The molecule has 0 saturated carbocycles. The summed E-state index contributed by atoms with van der Waals surface area (Å²) in [5.41, 5.74) is 4.84. The van der Waals surface area contributed by atoms with Crippen LogP contribution in [0.25, 0.3) is 0 Å². The maximum atomic E-state index is 12.9. The Labute approximate surface area is 319 Å². The molecular weight excluding hydrogens is 672 g/mol. The molecule has 0 unspecified atom stereocenters. The molecule has 0 spiro atoms. The minimum Gasteiger partial charge on any atom is -0.462 e. The Bertz CT molecular complexity index is 1350. The first-order valence-corrected chi connectivity index (χ1v) is 19.3. The summed E-state index contributed by atoms with van der Waals surface area (Å²) in [6.45, 7) is 19.1. The lowest BCUT2D eigenvalue weighted by molar-refractivity contribution is -0.152. The number of aliphatic hydroxyl groups excluding tert-OH is 5. The Kier molecular flexibility index (Phi) is 22.7. The molecule has 300 valence electrons. The number of aliphatic hydroxyl groups is 5. The van der Waals surface area contributed by atoms with Gasteiger partial charge in [0.05, 0.1) is 30.5 Å². The van der Waals surface area contributed by atoms with Crippen LogP contribution in [0.15, 0.2) is 82.5 Å². The molecule has 1 aliphatic rings. The molecule has 9 nitrogen and oxygen atoms in total. The number of hydrogen-bond donors (Lipinski definition) is 5. The molecule has 0 amide bonds. The summed E-state index contributed by atoms with van der Waals surface area (Å²) in [6.07, 6.45) is 15.5. The van der Waals surface area contributed by atoms with E-state index in [1.54, 1.807) is 26.0 Å². The molecule has 1 rings (SSSR count). The Morgan fingerprint density at radius 1 is 0.906 bits per heavy atom. The summed E-state index contributed by atoms with van der Waals surface area (Å²) in [5, 5.41) is 49.4. The number of allylic oxidation sites excluding steroid dienone is 10. The van der Waals surface area contributed by atoms with Gasteiger partial charge in [0.2, 0.25) is 0 Å². The van der Waals surface area contributed by atoms with Gasteiger partial charge in [-0.05, 0) is 92.4 Å². The van der Waals surface area contributed by atoms with E-state index in [0.29, 0.717) is 25.7 Å². The number of rotatable bonds is 17. The van der Waals surface area contributed by atoms with Gasteiger partial charge in [0.1, 0.15) is 12.2 Å². The van der Waals surface area contributed by atoms with Crippen molar-refractivity contribution in [3.8, 4) is 0 Å². The number of ether oxygens (including phenoxy) is 2. The number of hydrogen-bond acceptors (Lipinski definition) is 9. The van der Waals surface area contributed by atoms with Gasteiger partial charge in [-0.1, -0.05) is 97.2 Å². The standard InChI is InChI=1S/C44H70O9/c1-28(13-11-14-29(2)25-39(48)40(49)27-37(10)46)21-30(3)18-20-44(51)52-41-15-12-16-43(50)53-42(19-17-31(4)22-34(41)7)35(8)24-32(5)23-33(6)38(47)26-36(9)45/h11,13-14,17-18,20-21,23,25,33-42,45-49H,12,15-16,19,22,24,26-27H2,1-10H3/b14-11+,20-18+,28-13+,29-25+,30-21+,31-17+,32-23+/t33-,34+,35+,36-,37+,38-,39+,40+,41+,42-/m1/s1. The topological polar surface area (TPSA) is 154 Å². The smallest absolute Gasteiger partial charge is 0.331 e. The predicted octanol–water partition coefficient (Wildman–Crippen LogP) is 7.54. The number of cyclic esters (lactones) is 1. The molecule has 0 saturated heterocycles. The first-order chi connectivity index (χ1) is 24.8. The summed E-state index contributed by atoms with van der Waals surface area (Å²) in [5.74, 6) is -0.659. The van der Waals surface area contributed by atoms with Gasteiger partial charge in [0.25, 0.3) is 0 Å². The first-order valence-electron chi connectivity index (χ1n) is 19.3. The summed E-state index contributed by atoms with van der Waals surface area (Å²) in [6, 6.07) is 0. The van der Waals surface area contributed by atoms with E-state index in [2.05, 4.69) is 26.8 Å². The van der Waals surface area contributed by atoms with E-state index < -0.39 is 36.5 Å². The van der Waals surface area contributed by atoms with E-state index in [0.717, 1.165) is 40.7 Å². The summed E-state index contributed by atoms with van der Waals surface area (Å²) in [7, 11) is 0. The van der Waals surface area contributed by atoms with Crippen molar-refractivity contribution in [3.05, 3.63) is 82.5 Å². The second-order valence-corrected chi connectivity index (χ2v) is 15.6. The average Bonchev–Trinajstić information content (AvgIpc) is 3.03. The molecule has 0 fully saturated rings. The van der Waals surface area contributed by atoms with Gasteiger partial charge in [-0.15, -0.1) is 0 Å². The van der Waals surface area contributed by atoms with Crippen LogP contribution in [0.4, 0.5) is 0 Å². The summed E-state index contributed by atoms with van der Waals surface area (Å²) in [4.78, 5) is 25.9. The van der Waals surface area contributed by atoms with Crippen molar-refractivity contribution >= 4 is 11.9 Å². The zero-order valence-corrected chi connectivity index (χ0v) is 34.0. The molecule has 0 aromatic rings. The Morgan fingerprint density at radius 3 is 2.19 bits per heavy atom. The van der Waals surface area contributed by atoms with Gasteiger partial charge in [-0.25, -0.2) is 4.79 Å². The molecule has 5 N–H and O–H groups in total. The van der Waals surface area contributed by atoms with E-state index in [1.165, 1.54) is 6.08 Å². The van der Waals surface area contributed by atoms with E-state index in [-0.39, 0.29) is 48.8 Å². The van der Waals surface area contributed by atoms with Crippen molar-refractivity contribution in [2.75, 3.05) is 0 Å². The van der Waals surface area contributed by atoms with Crippen LogP contribution in [-0.4, -0.2) is 80.2 Å². The highest BCUT2D eigenvalue weighted by molar-refractivity contribution is 5.82. The highest BCUT2D eigenvalue weighted by atomic mass is 16.5. The summed E-state index contributed by atoms with van der Waals surface area (Å²) < 4.78 is 11.9. The minimum absolute atomic E-state index is 0.0587. The first kappa shape index (κ1) is 47.9. The number of carbonyl (C=O) groups excluding carboxylic acids is 2. The maximum absolute atomic E-state index is 12.9. The quantitative estimate of drug-likeness (QED) is 0.0440. The van der Waals surface area contributed by atoms with E-state index >= 15 is 0 Å². The molecular formula is C44H70O9. The van der Waals surface area contributed by atoms with Gasteiger partial charge in [-0.2, -0.15) is 0 Å². The maximum Gasteiger partial charge on any atom is 0.331 e. The number of esters is 2. The average molecular weight is 743 g/mol. The van der Waals surface area contributed by atoms with Crippen molar-refractivity contribution < 1.29 is 44.6 Å². The van der Waals surface area contributed by atoms with Crippen molar-refractivity contribution in [1.29, 1.82) is 0 Å².